The van der Waals surface area contributed by atoms with E-state index < -0.39 is 11.6 Å². The molecule has 0 fully saturated rings. The number of nitrogens with two attached hydrogens (primary N) is 1. The van der Waals surface area contributed by atoms with Gasteiger partial charge in [-0.25, -0.2) is 13.8 Å². The van der Waals surface area contributed by atoms with Gasteiger partial charge in [0.25, 0.3) is 0 Å². The number of aromatic nitrogens is 2. The normalized spacial score (nSPS) is 10.4. The van der Waals surface area contributed by atoms with Gasteiger partial charge in [0.2, 0.25) is 0 Å². The van der Waals surface area contributed by atoms with Gasteiger partial charge in [-0.2, -0.15) is 0 Å². The fourth-order valence-corrected chi connectivity index (χ4v) is 1.17. The SMILES string of the molecule is Nc1cn(-c2cc(F)cc(F)c2)cn1. The molecule has 0 saturated heterocycles. The van der Waals surface area contributed by atoms with E-state index in [1.807, 2.05) is 0 Å². The summed E-state index contributed by atoms with van der Waals surface area (Å²) in [4.78, 5) is 3.75. The van der Waals surface area contributed by atoms with E-state index in [0.29, 0.717) is 11.5 Å². The lowest BCUT2D eigenvalue weighted by molar-refractivity contribution is 0.581. The van der Waals surface area contributed by atoms with Crippen LogP contribution in [-0.4, -0.2) is 9.55 Å². The summed E-state index contributed by atoms with van der Waals surface area (Å²) in [6.45, 7) is 0. The minimum absolute atomic E-state index is 0.301. The van der Waals surface area contributed by atoms with E-state index in [2.05, 4.69) is 4.98 Å². The van der Waals surface area contributed by atoms with Crippen LogP contribution >= 0.6 is 0 Å². The highest BCUT2D eigenvalue weighted by atomic mass is 19.1. The Morgan fingerprint density at radius 2 is 1.79 bits per heavy atom. The van der Waals surface area contributed by atoms with Crippen LogP contribution in [0.2, 0.25) is 0 Å². The average Bonchev–Trinajstić information content (AvgIpc) is 2.50. The van der Waals surface area contributed by atoms with Gasteiger partial charge in [0.05, 0.1) is 11.9 Å². The Morgan fingerprint density at radius 3 is 2.29 bits per heavy atom. The molecule has 0 saturated carbocycles. The van der Waals surface area contributed by atoms with Gasteiger partial charge >= 0.3 is 0 Å². The smallest absolute Gasteiger partial charge is 0.141 e. The topological polar surface area (TPSA) is 43.8 Å². The summed E-state index contributed by atoms with van der Waals surface area (Å²) in [5.74, 6) is -0.964. The zero-order chi connectivity index (χ0) is 10.1. The molecule has 0 aliphatic carbocycles. The molecule has 0 bridgehead atoms. The van der Waals surface area contributed by atoms with Crippen LogP contribution in [0.3, 0.4) is 0 Å². The molecule has 0 aliphatic rings. The molecular weight excluding hydrogens is 188 g/mol. The molecule has 72 valence electrons. The molecule has 14 heavy (non-hydrogen) atoms. The molecule has 2 rings (SSSR count). The number of hydrogen-bond acceptors (Lipinski definition) is 2. The first kappa shape index (κ1) is 8.68. The highest BCUT2D eigenvalue weighted by Crippen LogP contribution is 2.13. The van der Waals surface area contributed by atoms with Crippen molar-refractivity contribution in [1.29, 1.82) is 0 Å². The van der Waals surface area contributed by atoms with E-state index >= 15 is 0 Å². The second-order valence-electron chi connectivity index (χ2n) is 2.83. The number of anilines is 1. The molecule has 5 heteroatoms. The fraction of sp³-hybridized carbons (Fsp3) is 0. The van der Waals surface area contributed by atoms with E-state index in [1.165, 1.54) is 29.2 Å². The molecule has 0 aliphatic heterocycles. The summed E-state index contributed by atoms with van der Waals surface area (Å²) in [5.41, 5.74) is 5.73. The minimum Gasteiger partial charge on any atom is -0.382 e. The van der Waals surface area contributed by atoms with Crippen molar-refractivity contribution in [3.63, 3.8) is 0 Å². The molecule has 0 unspecified atom stereocenters. The zero-order valence-electron chi connectivity index (χ0n) is 7.11. The maximum absolute atomic E-state index is 12.8. The summed E-state index contributed by atoms with van der Waals surface area (Å²) in [6, 6.07) is 3.21. The van der Waals surface area contributed by atoms with E-state index in [4.69, 9.17) is 5.73 Å². The standard InChI is InChI=1S/C9H7F2N3/c10-6-1-7(11)3-8(2-6)14-4-9(12)13-5-14/h1-5H,12H2. The van der Waals surface area contributed by atoms with Gasteiger partial charge in [0, 0.05) is 6.07 Å². The van der Waals surface area contributed by atoms with E-state index in [0.717, 1.165) is 6.07 Å². The van der Waals surface area contributed by atoms with Crippen LogP contribution in [0.25, 0.3) is 5.69 Å². The third kappa shape index (κ3) is 1.56. The number of nitrogen functional groups attached to an aromatic ring is 1. The maximum Gasteiger partial charge on any atom is 0.141 e. The Hall–Kier alpha value is -1.91. The highest BCUT2D eigenvalue weighted by molar-refractivity contribution is 5.36. The average molecular weight is 195 g/mol. The number of benzene rings is 1. The summed E-state index contributed by atoms with van der Waals surface area (Å²) < 4.78 is 27.1. The molecule has 0 amide bonds. The van der Waals surface area contributed by atoms with Crippen LogP contribution in [0.4, 0.5) is 14.6 Å². The van der Waals surface area contributed by atoms with Crippen LogP contribution < -0.4 is 5.73 Å². The minimum atomic E-state index is -0.632. The quantitative estimate of drug-likeness (QED) is 0.753. The molecule has 2 N–H and O–H groups in total. The number of hydrogen-bond donors (Lipinski definition) is 1. The summed E-state index contributed by atoms with van der Waals surface area (Å²) >= 11 is 0. The van der Waals surface area contributed by atoms with Crippen molar-refractivity contribution in [1.82, 2.24) is 9.55 Å². The lowest BCUT2D eigenvalue weighted by Crippen LogP contribution is -1.92. The van der Waals surface area contributed by atoms with Gasteiger partial charge in [-0.1, -0.05) is 0 Å². The molecule has 0 spiro atoms. The van der Waals surface area contributed by atoms with E-state index in [9.17, 15) is 8.78 Å². The van der Waals surface area contributed by atoms with Gasteiger partial charge < -0.3 is 10.3 Å². The molecule has 1 aromatic heterocycles. The lowest BCUT2D eigenvalue weighted by atomic mass is 10.3. The Balaban J connectivity index is 2.51. The summed E-state index contributed by atoms with van der Waals surface area (Å²) in [6.07, 6.45) is 2.87. The first-order chi connectivity index (χ1) is 6.65. The Kier molecular flexibility index (Phi) is 1.92. The third-order valence-electron chi connectivity index (χ3n) is 1.75. The molecule has 3 nitrogen and oxygen atoms in total. The number of rotatable bonds is 1. The van der Waals surface area contributed by atoms with E-state index in [-0.39, 0.29) is 0 Å². The van der Waals surface area contributed by atoms with Crippen LogP contribution in [0.1, 0.15) is 0 Å². The van der Waals surface area contributed by atoms with E-state index in [1.54, 1.807) is 0 Å². The van der Waals surface area contributed by atoms with Crippen molar-refractivity contribution in [2.24, 2.45) is 0 Å². The Labute approximate surface area is 78.8 Å². The van der Waals surface area contributed by atoms with Crippen molar-refractivity contribution in [2.45, 2.75) is 0 Å². The number of halogens is 2. The predicted octanol–water partition coefficient (Wildman–Crippen LogP) is 1.73. The fourth-order valence-electron chi connectivity index (χ4n) is 1.17. The molecule has 0 radical (unpaired) electrons. The number of imidazole rings is 1. The van der Waals surface area contributed by atoms with Crippen LogP contribution in [-0.2, 0) is 0 Å². The third-order valence-corrected chi connectivity index (χ3v) is 1.75. The number of nitrogens with zero attached hydrogens (tertiary/aromatic N) is 2. The van der Waals surface area contributed by atoms with Crippen molar-refractivity contribution >= 4 is 5.82 Å². The Morgan fingerprint density at radius 1 is 1.14 bits per heavy atom. The second kappa shape index (κ2) is 3.10. The van der Waals surface area contributed by atoms with Gasteiger partial charge in [0.1, 0.15) is 23.8 Å². The van der Waals surface area contributed by atoms with Crippen LogP contribution in [0, 0.1) is 11.6 Å². The highest BCUT2D eigenvalue weighted by Gasteiger charge is 2.02. The molecule has 0 atom stereocenters. The predicted molar refractivity (Wildman–Crippen MR) is 47.9 cm³/mol. The van der Waals surface area contributed by atoms with Crippen LogP contribution in [0.15, 0.2) is 30.7 Å². The first-order valence-electron chi connectivity index (χ1n) is 3.91. The summed E-state index contributed by atoms with van der Waals surface area (Å²) in [7, 11) is 0. The van der Waals surface area contributed by atoms with Gasteiger partial charge in [0.15, 0.2) is 0 Å². The van der Waals surface area contributed by atoms with Crippen LogP contribution in [0.5, 0.6) is 0 Å². The molecule has 1 heterocycles. The summed E-state index contributed by atoms with van der Waals surface area (Å²) in [5, 5.41) is 0. The molecule has 2 aromatic rings. The van der Waals surface area contributed by atoms with Gasteiger partial charge in [-0.15, -0.1) is 0 Å². The second-order valence-corrected chi connectivity index (χ2v) is 2.83. The monoisotopic (exact) mass is 195 g/mol. The van der Waals surface area contributed by atoms with Crippen molar-refractivity contribution in [2.75, 3.05) is 5.73 Å². The Bertz CT molecular complexity index is 445. The maximum atomic E-state index is 12.8. The van der Waals surface area contributed by atoms with Crippen molar-refractivity contribution in [3.05, 3.63) is 42.4 Å². The largest absolute Gasteiger partial charge is 0.382 e. The lowest BCUT2D eigenvalue weighted by Gasteiger charge is -2.01. The van der Waals surface area contributed by atoms with Crippen molar-refractivity contribution < 1.29 is 8.78 Å². The van der Waals surface area contributed by atoms with Gasteiger partial charge in [-0.05, 0) is 12.1 Å². The zero-order valence-corrected chi connectivity index (χ0v) is 7.11. The molecular formula is C9H7F2N3. The van der Waals surface area contributed by atoms with Crippen molar-refractivity contribution in [3.8, 4) is 5.69 Å². The van der Waals surface area contributed by atoms with Gasteiger partial charge in [-0.3, -0.25) is 0 Å². The first-order valence-corrected chi connectivity index (χ1v) is 3.91. The molecule has 1 aromatic carbocycles.